The number of aromatic nitrogens is 1. The van der Waals surface area contributed by atoms with Gasteiger partial charge in [0.05, 0.1) is 5.92 Å². The van der Waals surface area contributed by atoms with Crippen molar-refractivity contribution in [1.29, 1.82) is 0 Å². The van der Waals surface area contributed by atoms with Gasteiger partial charge in [-0.1, -0.05) is 6.07 Å². The Labute approximate surface area is 82.2 Å². The van der Waals surface area contributed by atoms with Gasteiger partial charge in [0, 0.05) is 18.8 Å². The van der Waals surface area contributed by atoms with Crippen LogP contribution in [-0.2, 0) is 4.79 Å². The molecule has 1 aromatic rings. The number of pyridine rings is 1. The van der Waals surface area contributed by atoms with Crippen LogP contribution in [0.3, 0.4) is 0 Å². The molecule has 0 aromatic carbocycles. The van der Waals surface area contributed by atoms with Crippen molar-refractivity contribution in [2.75, 3.05) is 11.4 Å². The van der Waals surface area contributed by atoms with Gasteiger partial charge in [-0.15, -0.1) is 0 Å². The van der Waals surface area contributed by atoms with Crippen molar-refractivity contribution in [2.45, 2.75) is 13.0 Å². The third-order valence-electron chi connectivity index (χ3n) is 2.73. The van der Waals surface area contributed by atoms with Gasteiger partial charge in [0.25, 0.3) is 0 Å². The Morgan fingerprint density at radius 1 is 1.64 bits per heavy atom. The second-order valence-corrected chi connectivity index (χ2v) is 3.53. The van der Waals surface area contributed by atoms with Gasteiger partial charge in [-0.25, -0.2) is 4.98 Å². The van der Waals surface area contributed by atoms with Crippen molar-refractivity contribution in [1.82, 2.24) is 4.98 Å². The molecular formula is C10H12N2O2. The summed E-state index contributed by atoms with van der Waals surface area (Å²) in [5.74, 6) is -0.112. The molecule has 1 N–H and O–H groups in total. The van der Waals surface area contributed by atoms with Crippen molar-refractivity contribution in [3.05, 3.63) is 24.4 Å². The van der Waals surface area contributed by atoms with E-state index in [0.717, 1.165) is 5.82 Å². The Hall–Kier alpha value is -1.58. The monoisotopic (exact) mass is 192 g/mol. The number of anilines is 1. The van der Waals surface area contributed by atoms with Crippen molar-refractivity contribution in [3.63, 3.8) is 0 Å². The van der Waals surface area contributed by atoms with Crippen LogP contribution in [0.1, 0.15) is 6.92 Å². The molecule has 0 bridgehead atoms. The van der Waals surface area contributed by atoms with Crippen LogP contribution in [0.15, 0.2) is 24.4 Å². The number of carbonyl (C=O) groups is 1. The standard InChI is InChI=1S/C10H12N2O2/c1-7-8(10(13)14)6-12(7)9-4-2-3-5-11-9/h2-5,7-8H,6H2,1H3,(H,13,14)/t7-,8-/m1/s1. The molecular weight excluding hydrogens is 180 g/mol. The molecule has 0 saturated carbocycles. The predicted octanol–water partition coefficient (Wildman–Crippen LogP) is 0.991. The summed E-state index contributed by atoms with van der Waals surface area (Å²) in [5.41, 5.74) is 0. The Balaban J connectivity index is 2.08. The second kappa shape index (κ2) is 3.29. The van der Waals surface area contributed by atoms with Gasteiger partial charge in [-0.2, -0.15) is 0 Å². The van der Waals surface area contributed by atoms with Gasteiger partial charge >= 0.3 is 5.97 Å². The molecule has 1 aliphatic heterocycles. The first kappa shape index (κ1) is 8.99. The van der Waals surface area contributed by atoms with Crippen molar-refractivity contribution in [2.24, 2.45) is 5.92 Å². The molecule has 2 heterocycles. The molecule has 0 aliphatic carbocycles. The molecule has 0 unspecified atom stereocenters. The van der Waals surface area contributed by atoms with Crippen LogP contribution in [0.2, 0.25) is 0 Å². The summed E-state index contributed by atoms with van der Waals surface area (Å²) < 4.78 is 0. The summed E-state index contributed by atoms with van der Waals surface area (Å²) in [7, 11) is 0. The average molecular weight is 192 g/mol. The van der Waals surface area contributed by atoms with Gasteiger partial charge in [-0.05, 0) is 19.1 Å². The number of carboxylic acid groups (broad SMARTS) is 1. The van der Waals surface area contributed by atoms with E-state index in [-0.39, 0.29) is 12.0 Å². The summed E-state index contributed by atoms with van der Waals surface area (Å²) in [5, 5.41) is 8.82. The Morgan fingerprint density at radius 3 is 2.93 bits per heavy atom. The quantitative estimate of drug-likeness (QED) is 0.759. The average Bonchev–Trinajstić information content (AvgIpc) is 2.17. The van der Waals surface area contributed by atoms with Crippen LogP contribution in [0, 0.1) is 5.92 Å². The fourth-order valence-corrected chi connectivity index (χ4v) is 1.72. The van der Waals surface area contributed by atoms with E-state index in [1.807, 2.05) is 30.0 Å². The lowest BCUT2D eigenvalue weighted by atomic mass is 9.90. The minimum Gasteiger partial charge on any atom is -0.481 e. The highest BCUT2D eigenvalue weighted by Crippen LogP contribution is 2.29. The summed E-state index contributed by atoms with van der Waals surface area (Å²) in [4.78, 5) is 16.9. The predicted molar refractivity (Wildman–Crippen MR) is 52.2 cm³/mol. The number of carboxylic acids is 1. The fourth-order valence-electron chi connectivity index (χ4n) is 1.72. The molecule has 1 saturated heterocycles. The topological polar surface area (TPSA) is 53.4 Å². The lowest BCUT2D eigenvalue weighted by molar-refractivity contribution is -0.143. The molecule has 14 heavy (non-hydrogen) atoms. The highest BCUT2D eigenvalue weighted by molar-refractivity contribution is 5.75. The third kappa shape index (κ3) is 1.32. The third-order valence-corrected chi connectivity index (χ3v) is 2.73. The molecule has 2 atom stereocenters. The van der Waals surface area contributed by atoms with Gasteiger partial charge in [0.1, 0.15) is 5.82 Å². The van der Waals surface area contributed by atoms with E-state index in [4.69, 9.17) is 5.11 Å². The van der Waals surface area contributed by atoms with E-state index in [2.05, 4.69) is 4.98 Å². The maximum Gasteiger partial charge on any atom is 0.310 e. The largest absolute Gasteiger partial charge is 0.481 e. The number of hydrogen-bond acceptors (Lipinski definition) is 3. The van der Waals surface area contributed by atoms with Gasteiger partial charge in [0.15, 0.2) is 0 Å². The molecule has 74 valence electrons. The van der Waals surface area contributed by atoms with Gasteiger partial charge in [-0.3, -0.25) is 4.79 Å². The van der Waals surface area contributed by atoms with Crippen LogP contribution in [0.5, 0.6) is 0 Å². The summed E-state index contributed by atoms with van der Waals surface area (Å²) in [6, 6.07) is 5.70. The first-order chi connectivity index (χ1) is 6.70. The number of rotatable bonds is 2. The summed E-state index contributed by atoms with van der Waals surface area (Å²) in [6.45, 7) is 2.48. The van der Waals surface area contributed by atoms with E-state index in [1.165, 1.54) is 0 Å². The van der Waals surface area contributed by atoms with Crippen molar-refractivity contribution < 1.29 is 9.90 Å². The van der Waals surface area contributed by atoms with E-state index in [9.17, 15) is 4.79 Å². The van der Waals surface area contributed by atoms with E-state index in [0.29, 0.717) is 6.54 Å². The first-order valence-corrected chi connectivity index (χ1v) is 4.60. The van der Waals surface area contributed by atoms with Crippen LogP contribution in [0.4, 0.5) is 5.82 Å². The normalized spacial score (nSPS) is 25.6. The van der Waals surface area contributed by atoms with Crippen LogP contribution < -0.4 is 4.90 Å². The first-order valence-electron chi connectivity index (χ1n) is 4.60. The Morgan fingerprint density at radius 2 is 2.43 bits per heavy atom. The zero-order valence-electron chi connectivity index (χ0n) is 7.92. The van der Waals surface area contributed by atoms with Crippen LogP contribution in [-0.4, -0.2) is 28.6 Å². The lowest BCUT2D eigenvalue weighted by Gasteiger charge is -2.44. The van der Waals surface area contributed by atoms with Crippen LogP contribution in [0.25, 0.3) is 0 Å². The van der Waals surface area contributed by atoms with E-state index in [1.54, 1.807) is 6.20 Å². The minimum atomic E-state index is -0.718. The second-order valence-electron chi connectivity index (χ2n) is 3.53. The zero-order valence-corrected chi connectivity index (χ0v) is 7.92. The molecule has 4 heteroatoms. The number of hydrogen-bond donors (Lipinski definition) is 1. The molecule has 0 amide bonds. The van der Waals surface area contributed by atoms with Gasteiger partial charge < -0.3 is 10.0 Å². The van der Waals surface area contributed by atoms with Crippen molar-refractivity contribution >= 4 is 11.8 Å². The number of nitrogens with zero attached hydrogens (tertiary/aromatic N) is 2. The van der Waals surface area contributed by atoms with E-state index < -0.39 is 5.97 Å². The van der Waals surface area contributed by atoms with E-state index >= 15 is 0 Å². The maximum absolute atomic E-state index is 10.7. The zero-order chi connectivity index (χ0) is 10.1. The fraction of sp³-hybridized carbons (Fsp3) is 0.400. The SMILES string of the molecule is C[C@@H]1[C@H](C(=O)O)CN1c1ccccn1. The molecule has 1 fully saturated rings. The molecule has 0 radical (unpaired) electrons. The molecule has 1 aliphatic rings. The summed E-state index contributed by atoms with van der Waals surface area (Å²) >= 11 is 0. The molecule has 1 aromatic heterocycles. The molecule has 4 nitrogen and oxygen atoms in total. The Bertz CT molecular complexity index is 339. The van der Waals surface area contributed by atoms with Crippen LogP contribution >= 0.6 is 0 Å². The smallest absolute Gasteiger partial charge is 0.310 e. The highest BCUT2D eigenvalue weighted by atomic mass is 16.4. The highest BCUT2D eigenvalue weighted by Gasteiger charge is 2.40. The Kier molecular flexibility index (Phi) is 2.11. The molecule has 2 rings (SSSR count). The number of aliphatic carboxylic acids is 1. The maximum atomic E-state index is 10.7. The minimum absolute atomic E-state index is 0.0439. The van der Waals surface area contributed by atoms with Gasteiger partial charge in [0.2, 0.25) is 0 Å². The van der Waals surface area contributed by atoms with Crippen molar-refractivity contribution in [3.8, 4) is 0 Å². The lowest BCUT2D eigenvalue weighted by Crippen LogP contribution is -2.58. The molecule has 0 spiro atoms. The summed E-state index contributed by atoms with van der Waals surface area (Å²) in [6.07, 6.45) is 1.72.